The Bertz CT molecular complexity index is 746. The molecule has 1 aromatic carbocycles. The zero-order valence-electron chi connectivity index (χ0n) is 9.54. The van der Waals surface area contributed by atoms with Gasteiger partial charge in [-0.25, -0.2) is 4.79 Å². The lowest BCUT2D eigenvalue weighted by Gasteiger charge is -1.99. The number of nitriles is 2. The van der Waals surface area contributed by atoms with Crippen LogP contribution in [0.2, 0.25) is 0 Å². The molecule has 0 aliphatic heterocycles. The summed E-state index contributed by atoms with van der Waals surface area (Å²) >= 11 is 1.20. The largest absolute Gasteiger partial charge is 0.477 e. The summed E-state index contributed by atoms with van der Waals surface area (Å²) in [6.07, 6.45) is 1.31. The van der Waals surface area contributed by atoms with Crippen LogP contribution in [0.4, 0.5) is 5.69 Å². The second-order valence-electron chi connectivity index (χ2n) is 3.59. The third-order valence-electron chi connectivity index (χ3n) is 2.35. The summed E-state index contributed by atoms with van der Waals surface area (Å²) in [5.41, 5.74) is 0.655. The Morgan fingerprint density at radius 1 is 1.32 bits per heavy atom. The monoisotopic (exact) mass is 269 g/mol. The molecule has 0 aliphatic rings. The third kappa shape index (κ3) is 2.71. The van der Waals surface area contributed by atoms with E-state index in [4.69, 9.17) is 15.6 Å². The number of nitrogens with one attached hydrogen (secondary N) is 1. The molecule has 2 aromatic rings. The molecule has 0 radical (unpaired) electrons. The minimum absolute atomic E-state index is 0.0309. The van der Waals surface area contributed by atoms with Crippen molar-refractivity contribution >= 4 is 33.1 Å². The Morgan fingerprint density at radius 3 is 2.68 bits per heavy atom. The Balaban J connectivity index is 2.32. The second-order valence-corrected chi connectivity index (χ2v) is 4.68. The van der Waals surface area contributed by atoms with E-state index in [1.54, 1.807) is 36.4 Å². The first-order valence-electron chi connectivity index (χ1n) is 5.18. The minimum atomic E-state index is -0.952. The van der Waals surface area contributed by atoms with Crippen molar-refractivity contribution < 1.29 is 9.90 Å². The molecule has 1 heterocycles. The van der Waals surface area contributed by atoms with Gasteiger partial charge >= 0.3 is 5.97 Å². The van der Waals surface area contributed by atoms with Gasteiger partial charge in [0.1, 0.15) is 22.6 Å². The molecule has 2 N–H and O–H groups in total. The van der Waals surface area contributed by atoms with Crippen molar-refractivity contribution in [2.24, 2.45) is 0 Å². The fourth-order valence-corrected chi connectivity index (χ4v) is 2.37. The quantitative estimate of drug-likeness (QED) is 0.835. The average Bonchev–Trinajstić information content (AvgIpc) is 2.83. The van der Waals surface area contributed by atoms with Gasteiger partial charge in [-0.2, -0.15) is 10.5 Å². The predicted octanol–water partition coefficient (Wildman–Crippen LogP) is 2.94. The molecule has 0 unspecified atom stereocenters. The van der Waals surface area contributed by atoms with Crippen LogP contribution < -0.4 is 5.32 Å². The predicted molar refractivity (Wildman–Crippen MR) is 71.7 cm³/mol. The Morgan fingerprint density at radius 2 is 2.05 bits per heavy atom. The molecular formula is C13H7N3O2S. The number of hydrogen-bond donors (Lipinski definition) is 2. The molecule has 0 aliphatic carbocycles. The number of hydrogen-bond acceptors (Lipinski definition) is 5. The lowest BCUT2D eigenvalue weighted by Crippen LogP contribution is -1.89. The van der Waals surface area contributed by atoms with Crippen LogP contribution in [0.25, 0.3) is 10.1 Å². The number of anilines is 1. The molecule has 0 amide bonds. The van der Waals surface area contributed by atoms with Gasteiger partial charge in [-0.15, -0.1) is 11.3 Å². The maximum Gasteiger partial charge on any atom is 0.345 e. The highest BCUT2D eigenvalue weighted by atomic mass is 32.1. The van der Waals surface area contributed by atoms with E-state index in [9.17, 15) is 4.79 Å². The molecule has 19 heavy (non-hydrogen) atoms. The first-order chi connectivity index (χ1) is 9.13. The fraction of sp³-hybridized carbons (Fsp3) is 0. The first-order valence-corrected chi connectivity index (χ1v) is 5.99. The number of nitrogens with zero attached hydrogens (tertiary/aromatic N) is 2. The van der Waals surface area contributed by atoms with Crippen LogP contribution in [0.15, 0.2) is 36.0 Å². The van der Waals surface area contributed by atoms with E-state index in [1.165, 1.54) is 17.5 Å². The van der Waals surface area contributed by atoms with Gasteiger partial charge in [0.15, 0.2) is 0 Å². The minimum Gasteiger partial charge on any atom is -0.477 e. The van der Waals surface area contributed by atoms with Crippen LogP contribution in [0, 0.1) is 22.7 Å². The second kappa shape index (κ2) is 5.21. The van der Waals surface area contributed by atoms with Crippen LogP contribution in [0.3, 0.4) is 0 Å². The normalized spacial score (nSPS) is 9.37. The van der Waals surface area contributed by atoms with E-state index in [1.807, 2.05) is 0 Å². The van der Waals surface area contributed by atoms with Crippen molar-refractivity contribution in [2.75, 3.05) is 5.32 Å². The van der Waals surface area contributed by atoms with Crippen molar-refractivity contribution in [3.8, 4) is 12.1 Å². The molecule has 0 saturated carbocycles. The van der Waals surface area contributed by atoms with Crippen LogP contribution >= 0.6 is 11.3 Å². The van der Waals surface area contributed by atoms with Crippen LogP contribution in [-0.2, 0) is 0 Å². The van der Waals surface area contributed by atoms with Crippen molar-refractivity contribution in [3.63, 3.8) is 0 Å². The maximum atomic E-state index is 10.9. The highest BCUT2D eigenvalue weighted by Crippen LogP contribution is 2.28. The molecule has 0 fully saturated rings. The van der Waals surface area contributed by atoms with E-state index in [2.05, 4.69) is 5.32 Å². The lowest BCUT2D eigenvalue weighted by atomic mass is 10.2. The summed E-state index contributed by atoms with van der Waals surface area (Å²) in [6, 6.07) is 10.4. The van der Waals surface area contributed by atoms with E-state index >= 15 is 0 Å². The van der Waals surface area contributed by atoms with E-state index in [0.29, 0.717) is 5.69 Å². The highest BCUT2D eigenvalue weighted by Gasteiger charge is 2.08. The summed E-state index contributed by atoms with van der Waals surface area (Å²) in [5.74, 6) is -0.952. The molecule has 0 saturated heterocycles. The van der Waals surface area contributed by atoms with Gasteiger partial charge in [0, 0.05) is 16.6 Å². The molecule has 0 bridgehead atoms. The zero-order chi connectivity index (χ0) is 13.8. The van der Waals surface area contributed by atoms with Gasteiger partial charge in [-0.05, 0) is 29.7 Å². The van der Waals surface area contributed by atoms with Crippen LogP contribution in [-0.4, -0.2) is 11.1 Å². The number of rotatable bonds is 3. The smallest absolute Gasteiger partial charge is 0.345 e. The van der Waals surface area contributed by atoms with Gasteiger partial charge < -0.3 is 10.4 Å². The Labute approximate surface area is 112 Å². The average molecular weight is 269 g/mol. The van der Waals surface area contributed by atoms with Crippen molar-refractivity contribution in [1.82, 2.24) is 0 Å². The molecule has 0 spiro atoms. The highest BCUT2D eigenvalue weighted by molar-refractivity contribution is 7.20. The van der Waals surface area contributed by atoms with Gasteiger partial charge in [0.2, 0.25) is 0 Å². The number of aromatic carboxylic acids is 1. The van der Waals surface area contributed by atoms with Crippen molar-refractivity contribution in [1.29, 1.82) is 10.5 Å². The third-order valence-corrected chi connectivity index (χ3v) is 3.46. The standard InChI is InChI=1S/C13H7N3O2S/c14-5-8(6-15)7-16-10-1-2-11-9(3-10)4-12(19-11)13(17)18/h1-4,7,16H,(H,17,18). The summed E-state index contributed by atoms with van der Waals surface area (Å²) in [5, 5.41) is 29.7. The summed E-state index contributed by atoms with van der Waals surface area (Å²) < 4.78 is 0.868. The first kappa shape index (κ1) is 12.6. The number of carboxylic acids is 1. The molecule has 5 nitrogen and oxygen atoms in total. The summed E-state index contributed by atoms with van der Waals surface area (Å²) in [4.78, 5) is 11.1. The number of carbonyl (C=O) groups is 1. The number of thiophene rings is 1. The lowest BCUT2D eigenvalue weighted by molar-refractivity contribution is 0.0702. The van der Waals surface area contributed by atoms with Crippen molar-refractivity contribution in [2.45, 2.75) is 0 Å². The zero-order valence-corrected chi connectivity index (χ0v) is 10.4. The van der Waals surface area contributed by atoms with Gasteiger partial charge in [0.25, 0.3) is 0 Å². The van der Waals surface area contributed by atoms with E-state index < -0.39 is 5.97 Å². The van der Waals surface area contributed by atoms with Gasteiger partial charge in [-0.1, -0.05) is 0 Å². The van der Waals surface area contributed by atoms with Crippen LogP contribution in [0.5, 0.6) is 0 Å². The number of allylic oxidation sites excluding steroid dienone is 1. The maximum absolute atomic E-state index is 10.9. The Kier molecular flexibility index (Phi) is 3.46. The number of benzene rings is 1. The summed E-state index contributed by atoms with van der Waals surface area (Å²) in [7, 11) is 0. The van der Waals surface area contributed by atoms with Crippen molar-refractivity contribution in [3.05, 3.63) is 40.9 Å². The number of fused-ring (bicyclic) bond motifs is 1. The Hall–Kier alpha value is -2.83. The topological polar surface area (TPSA) is 96.9 Å². The summed E-state index contributed by atoms with van der Waals surface area (Å²) in [6.45, 7) is 0. The molecule has 0 atom stereocenters. The van der Waals surface area contributed by atoms with Crippen LogP contribution in [0.1, 0.15) is 9.67 Å². The van der Waals surface area contributed by atoms with Gasteiger partial charge in [-0.3, -0.25) is 0 Å². The molecule has 92 valence electrons. The van der Waals surface area contributed by atoms with Gasteiger partial charge in [0.05, 0.1) is 0 Å². The molecular weight excluding hydrogens is 262 g/mol. The molecule has 1 aromatic heterocycles. The fourth-order valence-electron chi connectivity index (χ4n) is 1.48. The van der Waals surface area contributed by atoms with E-state index in [0.717, 1.165) is 10.1 Å². The SMILES string of the molecule is N#CC(C#N)=CNc1ccc2sc(C(=O)O)cc2c1. The number of carboxylic acid groups (broad SMARTS) is 1. The molecule has 2 rings (SSSR count). The van der Waals surface area contributed by atoms with E-state index in [-0.39, 0.29) is 10.5 Å². The molecule has 6 heteroatoms.